The number of aliphatic hydroxyl groups is 1. The highest BCUT2D eigenvalue weighted by Gasteiger charge is 2.22. The molecule has 3 N–H and O–H groups in total. The average molecular weight is 502 g/mol. The van der Waals surface area contributed by atoms with E-state index in [1.165, 1.54) is 11.3 Å². The molecule has 1 saturated heterocycles. The van der Waals surface area contributed by atoms with Gasteiger partial charge in [-0.3, -0.25) is 9.89 Å². The summed E-state index contributed by atoms with van der Waals surface area (Å²) < 4.78 is 0.683. The van der Waals surface area contributed by atoms with E-state index in [1.54, 1.807) is 6.07 Å². The first-order valence-corrected chi connectivity index (χ1v) is 9.53. The van der Waals surface area contributed by atoms with Gasteiger partial charge in [0.25, 0.3) is 0 Å². The number of aliphatic hydroxyl groups excluding tert-OH is 1. The van der Waals surface area contributed by atoms with Crippen LogP contribution in [0.2, 0.25) is 4.34 Å². The van der Waals surface area contributed by atoms with Crippen molar-refractivity contribution in [1.29, 1.82) is 0 Å². The molecule has 0 aliphatic carbocycles. The molecule has 0 saturated carbocycles. The fourth-order valence-electron chi connectivity index (χ4n) is 2.65. The Hall–Kier alpha value is -0.130. The lowest BCUT2D eigenvalue weighted by molar-refractivity contribution is 0.116. The van der Waals surface area contributed by atoms with Gasteiger partial charge in [-0.05, 0) is 33.2 Å². The summed E-state index contributed by atoms with van der Waals surface area (Å²) in [6, 6.07) is 4.10. The molecule has 144 valence electrons. The van der Waals surface area contributed by atoms with Gasteiger partial charge in [0, 0.05) is 43.6 Å². The van der Waals surface area contributed by atoms with Gasteiger partial charge < -0.3 is 20.6 Å². The predicted octanol–water partition coefficient (Wildman–Crippen LogP) is 1.85. The van der Waals surface area contributed by atoms with Crippen LogP contribution in [0.4, 0.5) is 0 Å². The largest absolute Gasteiger partial charge is 0.386 e. The smallest absolute Gasteiger partial charge is 0.191 e. The fraction of sp³-hybridized carbons (Fsp3) is 0.688. The van der Waals surface area contributed by atoms with E-state index in [2.05, 4.69) is 39.5 Å². The van der Waals surface area contributed by atoms with E-state index in [0.717, 1.165) is 43.6 Å². The molecule has 0 radical (unpaired) electrons. The van der Waals surface area contributed by atoms with Crippen molar-refractivity contribution in [2.75, 3.05) is 53.4 Å². The molecule has 9 heteroatoms. The third-order valence-electron chi connectivity index (χ3n) is 4.17. The summed E-state index contributed by atoms with van der Waals surface area (Å²) in [6.07, 6.45) is -0.624. The van der Waals surface area contributed by atoms with Gasteiger partial charge in [-0.1, -0.05) is 11.6 Å². The highest BCUT2D eigenvalue weighted by Crippen LogP contribution is 2.26. The van der Waals surface area contributed by atoms with Crippen molar-refractivity contribution < 1.29 is 5.11 Å². The van der Waals surface area contributed by atoms with Crippen LogP contribution in [0.3, 0.4) is 0 Å². The van der Waals surface area contributed by atoms with Gasteiger partial charge in [-0.2, -0.15) is 0 Å². The Morgan fingerprint density at radius 1 is 1.40 bits per heavy atom. The van der Waals surface area contributed by atoms with Gasteiger partial charge in [-0.15, -0.1) is 35.3 Å². The first-order chi connectivity index (χ1) is 11.5. The van der Waals surface area contributed by atoms with Crippen molar-refractivity contribution in [1.82, 2.24) is 20.4 Å². The molecular weight excluding hydrogens is 473 g/mol. The van der Waals surface area contributed by atoms with Gasteiger partial charge in [0.05, 0.1) is 10.9 Å². The van der Waals surface area contributed by atoms with Crippen LogP contribution in [0.5, 0.6) is 0 Å². The minimum Gasteiger partial charge on any atom is -0.386 e. The number of rotatable bonds is 6. The highest BCUT2D eigenvalue weighted by molar-refractivity contribution is 14.0. The average Bonchev–Trinajstić information content (AvgIpc) is 2.99. The molecule has 0 bridgehead atoms. The van der Waals surface area contributed by atoms with E-state index in [-0.39, 0.29) is 24.0 Å². The van der Waals surface area contributed by atoms with E-state index in [9.17, 15) is 5.11 Å². The number of piperazine rings is 1. The molecule has 0 amide bonds. The van der Waals surface area contributed by atoms with Crippen LogP contribution in [-0.4, -0.2) is 80.3 Å². The normalized spacial score (nSPS) is 20.8. The molecule has 2 atom stereocenters. The van der Waals surface area contributed by atoms with Crippen molar-refractivity contribution in [2.24, 2.45) is 4.99 Å². The van der Waals surface area contributed by atoms with Crippen molar-refractivity contribution in [3.63, 3.8) is 0 Å². The lowest BCUT2D eigenvalue weighted by atomic mass is 10.2. The number of hydrogen-bond donors (Lipinski definition) is 3. The summed E-state index contributed by atoms with van der Waals surface area (Å²) in [5.74, 6) is 0.737. The van der Waals surface area contributed by atoms with Crippen LogP contribution in [0.1, 0.15) is 17.9 Å². The summed E-state index contributed by atoms with van der Waals surface area (Å²) >= 11 is 7.31. The summed E-state index contributed by atoms with van der Waals surface area (Å²) in [7, 11) is 4.31. The quantitative estimate of drug-likeness (QED) is 0.316. The van der Waals surface area contributed by atoms with Crippen LogP contribution < -0.4 is 10.6 Å². The molecule has 1 aromatic heterocycles. The third-order valence-corrected chi connectivity index (χ3v) is 5.51. The maximum Gasteiger partial charge on any atom is 0.191 e. The predicted molar refractivity (Wildman–Crippen MR) is 118 cm³/mol. The van der Waals surface area contributed by atoms with Crippen LogP contribution >= 0.6 is 46.9 Å². The first kappa shape index (κ1) is 22.9. The molecule has 0 spiro atoms. The number of hydrogen-bond acceptors (Lipinski definition) is 5. The second kappa shape index (κ2) is 11.6. The zero-order valence-electron chi connectivity index (χ0n) is 15.0. The Bertz CT molecular complexity index is 544. The molecule has 1 aromatic rings. The Kier molecular flexibility index (Phi) is 10.6. The summed E-state index contributed by atoms with van der Waals surface area (Å²) in [5.41, 5.74) is 0. The third kappa shape index (κ3) is 7.56. The maximum absolute atomic E-state index is 10.2. The molecule has 1 aliphatic rings. The summed E-state index contributed by atoms with van der Waals surface area (Å²) in [4.78, 5) is 10.1. The number of halogens is 2. The van der Waals surface area contributed by atoms with E-state index in [4.69, 9.17) is 11.6 Å². The van der Waals surface area contributed by atoms with Gasteiger partial charge in [0.1, 0.15) is 6.10 Å². The monoisotopic (exact) mass is 501 g/mol. The summed E-state index contributed by atoms with van der Waals surface area (Å²) in [5, 5.41) is 16.8. The zero-order valence-corrected chi connectivity index (χ0v) is 18.9. The van der Waals surface area contributed by atoms with E-state index >= 15 is 0 Å². The molecule has 1 aliphatic heterocycles. The minimum atomic E-state index is -0.624. The van der Waals surface area contributed by atoms with Crippen LogP contribution in [0, 0.1) is 0 Å². The van der Waals surface area contributed by atoms with Gasteiger partial charge in [0.15, 0.2) is 5.96 Å². The zero-order chi connectivity index (χ0) is 17.5. The molecule has 2 rings (SSSR count). The second-order valence-electron chi connectivity index (χ2n) is 6.15. The Morgan fingerprint density at radius 3 is 2.80 bits per heavy atom. The van der Waals surface area contributed by atoms with Crippen molar-refractivity contribution >= 4 is 52.9 Å². The Labute approximate surface area is 176 Å². The van der Waals surface area contributed by atoms with Crippen LogP contribution in [0.15, 0.2) is 17.1 Å². The lowest BCUT2D eigenvalue weighted by Crippen LogP contribution is -2.55. The lowest BCUT2D eigenvalue weighted by Gasteiger charge is -2.37. The maximum atomic E-state index is 10.2. The number of likely N-dealkylation sites (N-methyl/N-ethyl adjacent to an activating group) is 2. The first-order valence-electron chi connectivity index (χ1n) is 8.33. The molecule has 0 aromatic carbocycles. The Balaban J connectivity index is 0.00000312. The Morgan fingerprint density at radius 2 is 2.16 bits per heavy atom. The highest BCUT2D eigenvalue weighted by atomic mass is 127. The number of thiophene rings is 1. The van der Waals surface area contributed by atoms with Crippen molar-refractivity contribution in [3.8, 4) is 0 Å². The molecular formula is C16H29ClIN5OS. The molecule has 1 fully saturated rings. The van der Waals surface area contributed by atoms with Gasteiger partial charge >= 0.3 is 0 Å². The van der Waals surface area contributed by atoms with E-state index in [1.807, 2.05) is 13.0 Å². The van der Waals surface area contributed by atoms with Crippen LogP contribution in [-0.2, 0) is 0 Å². The van der Waals surface area contributed by atoms with E-state index in [0.29, 0.717) is 16.9 Å². The topological polar surface area (TPSA) is 63.1 Å². The second-order valence-corrected chi connectivity index (χ2v) is 7.90. The van der Waals surface area contributed by atoms with Gasteiger partial charge in [-0.25, -0.2) is 0 Å². The fourth-order valence-corrected chi connectivity index (χ4v) is 3.69. The summed E-state index contributed by atoms with van der Waals surface area (Å²) in [6.45, 7) is 7.19. The number of nitrogens with one attached hydrogen (secondary N) is 2. The molecule has 2 unspecified atom stereocenters. The van der Waals surface area contributed by atoms with Crippen molar-refractivity contribution in [2.45, 2.75) is 19.1 Å². The molecule has 2 heterocycles. The number of nitrogens with zero attached hydrogens (tertiary/aromatic N) is 3. The van der Waals surface area contributed by atoms with E-state index < -0.39 is 6.10 Å². The molecule has 6 nitrogen and oxygen atoms in total. The standard InChI is InChI=1S/C16H28ClN5OS.HI/c1-4-18-16(19-9-12-11-21(2)7-8-22(12)3)20-10-13(23)14-5-6-15(17)24-14;/h5-6,12-13,23H,4,7-11H2,1-3H3,(H2,18,19,20);1H. The van der Waals surface area contributed by atoms with Crippen molar-refractivity contribution in [3.05, 3.63) is 21.3 Å². The molecule has 25 heavy (non-hydrogen) atoms. The van der Waals surface area contributed by atoms with Crippen LogP contribution in [0.25, 0.3) is 0 Å². The number of aliphatic imine (C=N–C) groups is 1. The van der Waals surface area contributed by atoms with Gasteiger partial charge in [0.2, 0.25) is 0 Å². The minimum absolute atomic E-state index is 0. The SMILES string of the molecule is CCNC(=NCC(O)c1ccc(Cl)s1)NCC1CN(C)CCN1C.I. The number of guanidine groups is 1.